The van der Waals surface area contributed by atoms with Gasteiger partial charge in [0.05, 0.1) is 7.11 Å². The molecule has 27 heavy (non-hydrogen) atoms. The number of methoxy groups -OCH3 is 1. The Balaban J connectivity index is 2.08. The SMILES string of the molecule is COc1ccc(C(=O)N[C@@H](CCSC)C(=O)Nc2ccc(C)c(F)c2)cc1. The third kappa shape index (κ3) is 5.99. The van der Waals surface area contributed by atoms with E-state index in [4.69, 9.17) is 4.74 Å². The molecule has 2 N–H and O–H groups in total. The first kappa shape index (κ1) is 20.8. The number of thioether (sulfide) groups is 1. The molecule has 0 aromatic heterocycles. The van der Waals surface area contributed by atoms with Crippen LogP contribution in [0.25, 0.3) is 0 Å². The molecule has 2 aromatic rings. The summed E-state index contributed by atoms with van der Waals surface area (Å²) in [4.78, 5) is 25.1. The Morgan fingerprint density at radius 1 is 1.19 bits per heavy atom. The Morgan fingerprint density at radius 2 is 1.89 bits per heavy atom. The van der Waals surface area contributed by atoms with E-state index in [0.717, 1.165) is 0 Å². The van der Waals surface area contributed by atoms with Gasteiger partial charge < -0.3 is 15.4 Å². The number of carbonyl (C=O) groups is 2. The molecule has 0 aliphatic carbocycles. The first-order valence-electron chi connectivity index (χ1n) is 8.45. The summed E-state index contributed by atoms with van der Waals surface area (Å²) in [6.45, 7) is 1.65. The Labute approximate surface area is 162 Å². The number of carbonyl (C=O) groups excluding carboxylic acids is 2. The van der Waals surface area contributed by atoms with Gasteiger partial charge >= 0.3 is 0 Å². The summed E-state index contributed by atoms with van der Waals surface area (Å²) in [5.74, 6) is 0.215. The topological polar surface area (TPSA) is 67.4 Å². The van der Waals surface area contributed by atoms with E-state index in [1.807, 2.05) is 6.26 Å². The second kappa shape index (κ2) is 9.97. The van der Waals surface area contributed by atoms with E-state index in [-0.39, 0.29) is 11.8 Å². The lowest BCUT2D eigenvalue weighted by Crippen LogP contribution is -2.44. The van der Waals surface area contributed by atoms with Crippen LogP contribution in [0.2, 0.25) is 0 Å². The van der Waals surface area contributed by atoms with Crippen molar-refractivity contribution in [3.05, 3.63) is 59.4 Å². The van der Waals surface area contributed by atoms with Gasteiger partial charge in [0.2, 0.25) is 5.91 Å². The molecule has 2 rings (SSSR count). The van der Waals surface area contributed by atoms with Gasteiger partial charge in [-0.2, -0.15) is 11.8 Å². The van der Waals surface area contributed by atoms with Crippen molar-refractivity contribution in [1.82, 2.24) is 5.32 Å². The number of benzene rings is 2. The monoisotopic (exact) mass is 390 g/mol. The van der Waals surface area contributed by atoms with Crippen LogP contribution in [0.15, 0.2) is 42.5 Å². The summed E-state index contributed by atoms with van der Waals surface area (Å²) in [5, 5.41) is 5.42. The van der Waals surface area contributed by atoms with Gasteiger partial charge in [0.1, 0.15) is 17.6 Å². The zero-order valence-corrected chi connectivity index (χ0v) is 16.4. The van der Waals surface area contributed by atoms with Crippen molar-refractivity contribution in [3.63, 3.8) is 0 Å². The van der Waals surface area contributed by atoms with Gasteiger partial charge in [-0.05, 0) is 67.3 Å². The molecule has 2 aromatic carbocycles. The summed E-state index contributed by atoms with van der Waals surface area (Å²) in [5.41, 5.74) is 1.29. The molecule has 7 heteroatoms. The number of halogens is 1. The first-order chi connectivity index (χ1) is 12.9. The largest absolute Gasteiger partial charge is 0.497 e. The van der Waals surface area contributed by atoms with Crippen molar-refractivity contribution in [3.8, 4) is 5.75 Å². The molecule has 0 aliphatic rings. The fourth-order valence-electron chi connectivity index (χ4n) is 2.39. The molecule has 0 radical (unpaired) electrons. The van der Waals surface area contributed by atoms with Gasteiger partial charge in [0.15, 0.2) is 0 Å². The summed E-state index contributed by atoms with van der Waals surface area (Å²) in [6, 6.07) is 10.4. The smallest absolute Gasteiger partial charge is 0.251 e. The van der Waals surface area contributed by atoms with Crippen LogP contribution in [0.1, 0.15) is 22.3 Å². The van der Waals surface area contributed by atoms with Gasteiger partial charge in [-0.3, -0.25) is 9.59 Å². The van der Waals surface area contributed by atoms with Gasteiger partial charge in [-0.15, -0.1) is 0 Å². The lowest BCUT2D eigenvalue weighted by Gasteiger charge is -2.18. The Hall–Kier alpha value is -2.54. The van der Waals surface area contributed by atoms with E-state index in [1.54, 1.807) is 62.2 Å². The molecule has 0 bridgehead atoms. The van der Waals surface area contributed by atoms with Crippen molar-refractivity contribution in [2.24, 2.45) is 0 Å². The van der Waals surface area contributed by atoms with Crippen molar-refractivity contribution in [2.45, 2.75) is 19.4 Å². The van der Waals surface area contributed by atoms with Crippen molar-refractivity contribution < 1.29 is 18.7 Å². The molecule has 0 aliphatic heterocycles. The summed E-state index contributed by atoms with van der Waals surface area (Å²) < 4.78 is 18.8. The number of hydrogen-bond donors (Lipinski definition) is 2. The number of nitrogens with one attached hydrogen (secondary N) is 2. The average Bonchev–Trinajstić information content (AvgIpc) is 2.67. The first-order valence-corrected chi connectivity index (χ1v) is 9.85. The van der Waals surface area contributed by atoms with Gasteiger partial charge in [0.25, 0.3) is 5.91 Å². The van der Waals surface area contributed by atoms with Crippen molar-refractivity contribution >= 4 is 29.3 Å². The molecule has 0 fully saturated rings. The normalized spacial score (nSPS) is 11.6. The molecule has 0 saturated carbocycles. The van der Waals surface area contributed by atoms with Crippen LogP contribution in [0.5, 0.6) is 5.75 Å². The number of amides is 2. The molecule has 144 valence electrons. The molecular formula is C20H23FN2O3S. The lowest BCUT2D eigenvalue weighted by molar-refractivity contribution is -0.118. The maximum atomic E-state index is 13.7. The van der Waals surface area contributed by atoms with Crippen LogP contribution >= 0.6 is 11.8 Å². The second-order valence-corrected chi connectivity index (χ2v) is 6.97. The van der Waals surface area contributed by atoms with Crippen LogP contribution < -0.4 is 15.4 Å². The number of aryl methyl sites for hydroxylation is 1. The predicted molar refractivity (Wildman–Crippen MR) is 107 cm³/mol. The highest BCUT2D eigenvalue weighted by molar-refractivity contribution is 7.98. The summed E-state index contributed by atoms with van der Waals surface area (Å²) >= 11 is 1.58. The molecule has 0 heterocycles. The van der Waals surface area contributed by atoms with Crippen molar-refractivity contribution in [2.75, 3.05) is 24.4 Å². The molecule has 1 atom stereocenters. The molecule has 0 unspecified atom stereocenters. The fraction of sp³-hybridized carbons (Fsp3) is 0.300. The highest BCUT2D eigenvalue weighted by Crippen LogP contribution is 2.15. The highest BCUT2D eigenvalue weighted by atomic mass is 32.2. The van der Waals surface area contributed by atoms with Gasteiger partial charge in [0, 0.05) is 11.3 Å². The molecule has 5 nitrogen and oxygen atoms in total. The third-order valence-corrected chi connectivity index (χ3v) is 4.67. The van der Waals surface area contributed by atoms with Crippen LogP contribution in [0.4, 0.5) is 10.1 Å². The van der Waals surface area contributed by atoms with E-state index in [2.05, 4.69) is 10.6 Å². The summed E-state index contributed by atoms with van der Waals surface area (Å²) in [7, 11) is 1.55. The minimum absolute atomic E-state index is 0.353. The average molecular weight is 390 g/mol. The molecule has 0 spiro atoms. The number of anilines is 1. The zero-order valence-electron chi connectivity index (χ0n) is 15.5. The predicted octanol–water partition coefficient (Wildman–Crippen LogP) is 3.63. The van der Waals surface area contributed by atoms with Gasteiger partial charge in [-0.1, -0.05) is 6.07 Å². The van der Waals surface area contributed by atoms with E-state index < -0.39 is 11.9 Å². The van der Waals surface area contributed by atoms with Crippen LogP contribution in [-0.4, -0.2) is 37.0 Å². The maximum absolute atomic E-state index is 13.7. The lowest BCUT2D eigenvalue weighted by atomic mass is 10.1. The van der Waals surface area contributed by atoms with E-state index in [1.165, 1.54) is 6.07 Å². The zero-order chi connectivity index (χ0) is 19.8. The van der Waals surface area contributed by atoms with E-state index in [0.29, 0.717) is 34.7 Å². The summed E-state index contributed by atoms with van der Waals surface area (Å²) in [6.07, 6.45) is 2.39. The standard InChI is InChI=1S/C20H23FN2O3S/c1-13-4-7-15(12-17(13)21)22-20(25)18(10-11-27-3)23-19(24)14-5-8-16(26-2)9-6-14/h4-9,12,18H,10-11H2,1-3H3,(H,22,25)(H,23,24)/t18-/m0/s1. The minimum atomic E-state index is -0.726. The van der Waals surface area contributed by atoms with Crippen LogP contribution in [0, 0.1) is 12.7 Å². The number of ether oxygens (including phenoxy) is 1. The maximum Gasteiger partial charge on any atom is 0.251 e. The Morgan fingerprint density at radius 3 is 2.48 bits per heavy atom. The minimum Gasteiger partial charge on any atom is -0.497 e. The Bertz CT molecular complexity index is 796. The quantitative estimate of drug-likeness (QED) is 0.722. The van der Waals surface area contributed by atoms with Gasteiger partial charge in [-0.25, -0.2) is 4.39 Å². The molecule has 2 amide bonds. The molecular weight excluding hydrogens is 367 g/mol. The number of rotatable bonds is 8. The van der Waals surface area contributed by atoms with E-state index in [9.17, 15) is 14.0 Å². The number of hydrogen-bond acceptors (Lipinski definition) is 4. The third-order valence-electron chi connectivity index (χ3n) is 4.02. The van der Waals surface area contributed by atoms with E-state index >= 15 is 0 Å². The highest BCUT2D eigenvalue weighted by Gasteiger charge is 2.21. The van der Waals surface area contributed by atoms with Crippen LogP contribution in [0.3, 0.4) is 0 Å². The fourth-order valence-corrected chi connectivity index (χ4v) is 2.86. The second-order valence-electron chi connectivity index (χ2n) is 5.99. The Kier molecular flexibility index (Phi) is 7.67. The van der Waals surface area contributed by atoms with Crippen molar-refractivity contribution in [1.29, 1.82) is 0 Å². The molecule has 0 saturated heterocycles. The van der Waals surface area contributed by atoms with Crippen LogP contribution in [-0.2, 0) is 4.79 Å².